The summed E-state index contributed by atoms with van der Waals surface area (Å²) in [4.78, 5) is 37.4. The second-order valence-corrected chi connectivity index (χ2v) is 6.09. The van der Waals surface area contributed by atoms with Crippen LogP contribution in [0.4, 0.5) is 8.78 Å². The van der Waals surface area contributed by atoms with Crippen LogP contribution in [0.1, 0.15) is 39.1 Å². The number of nitrogens with zero attached hydrogens (tertiary/aromatic N) is 1. The number of fused-ring (bicyclic) bond motifs is 1. The van der Waals surface area contributed by atoms with E-state index in [-0.39, 0.29) is 43.6 Å². The third kappa shape index (κ3) is 4.51. The molecule has 1 heterocycles. The summed E-state index contributed by atoms with van der Waals surface area (Å²) in [6.45, 7) is -2.78. The van der Waals surface area contributed by atoms with Crippen molar-refractivity contribution in [3.63, 3.8) is 0 Å². The Morgan fingerprint density at radius 1 is 0.964 bits per heavy atom. The molecule has 0 aliphatic carbocycles. The van der Waals surface area contributed by atoms with E-state index >= 15 is 0 Å². The minimum atomic E-state index is -2.90. The third-order valence-corrected chi connectivity index (χ3v) is 4.19. The minimum absolute atomic E-state index is 0.0131. The summed E-state index contributed by atoms with van der Waals surface area (Å²) in [7, 11) is 0. The smallest absolute Gasteiger partial charge is 0.387 e. The zero-order chi connectivity index (χ0) is 20.1. The number of hydrogen-bond donors (Lipinski definition) is 0. The van der Waals surface area contributed by atoms with Crippen LogP contribution in [-0.4, -0.2) is 35.8 Å². The number of benzene rings is 2. The van der Waals surface area contributed by atoms with E-state index in [0.29, 0.717) is 16.7 Å². The van der Waals surface area contributed by atoms with Gasteiger partial charge in [-0.15, -0.1) is 0 Å². The molecule has 0 fully saturated rings. The van der Waals surface area contributed by atoms with Crippen LogP contribution in [0.3, 0.4) is 0 Å². The second kappa shape index (κ2) is 8.60. The number of ether oxygens (including phenoxy) is 2. The Kier molecular flexibility index (Phi) is 5.98. The number of imide groups is 1. The number of hydrogen-bond acceptors (Lipinski definition) is 5. The Bertz CT molecular complexity index is 847. The summed E-state index contributed by atoms with van der Waals surface area (Å²) in [6, 6.07) is 12.3. The summed E-state index contributed by atoms with van der Waals surface area (Å²) < 4.78 is 33.5. The largest absolute Gasteiger partial charge is 0.461 e. The maximum Gasteiger partial charge on any atom is 0.387 e. The molecule has 8 heteroatoms. The lowest BCUT2D eigenvalue weighted by molar-refractivity contribution is -0.145. The van der Waals surface area contributed by atoms with Gasteiger partial charge in [0.2, 0.25) is 0 Å². The van der Waals surface area contributed by atoms with Crippen molar-refractivity contribution in [2.75, 3.05) is 6.54 Å². The SMILES string of the molecule is O=C(CCCN1C(=O)c2ccccc2C1=O)OCc1ccc(OC(F)F)cc1. The molecule has 0 unspecified atom stereocenters. The number of esters is 1. The van der Waals surface area contributed by atoms with E-state index in [4.69, 9.17) is 4.74 Å². The Hall–Kier alpha value is -3.29. The van der Waals surface area contributed by atoms with Gasteiger partial charge in [0.1, 0.15) is 12.4 Å². The maximum absolute atomic E-state index is 12.2. The van der Waals surface area contributed by atoms with Gasteiger partial charge in [0.05, 0.1) is 11.1 Å². The Labute approximate surface area is 159 Å². The van der Waals surface area contributed by atoms with E-state index in [9.17, 15) is 23.2 Å². The fourth-order valence-corrected chi connectivity index (χ4v) is 2.83. The molecule has 0 N–H and O–H groups in total. The molecule has 146 valence electrons. The van der Waals surface area contributed by atoms with Crippen molar-refractivity contribution in [3.8, 4) is 5.75 Å². The van der Waals surface area contributed by atoms with Crippen molar-refractivity contribution in [2.45, 2.75) is 26.1 Å². The maximum atomic E-state index is 12.2. The molecule has 0 saturated carbocycles. The van der Waals surface area contributed by atoms with Gasteiger partial charge in [-0.05, 0) is 36.2 Å². The van der Waals surface area contributed by atoms with Gasteiger partial charge in [-0.3, -0.25) is 19.3 Å². The lowest BCUT2D eigenvalue weighted by Gasteiger charge is -2.13. The molecule has 2 aromatic carbocycles. The first-order valence-electron chi connectivity index (χ1n) is 8.60. The molecule has 0 bridgehead atoms. The first kappa shape index (κ1) is 19.5. The van der Waals surface area contributed by atoms with Crippen LogP contribution in [0.25, 0.3) is 0 Å². The molecule has 2 aromatic rings. The number of rotatable bonds is 8. The molecule has 6 nitrogen and oxygen atoms in total. The van der Waals surface area contributed by atoms with Gasteiger partial charge in [-0.2, -0.15) is 8.78 Å². The minimum Gasteiger partial charge on any atom is -0.461 e. The number of carbonyl (C=O) groups excluding carboxylic acids is 3. The molecule has 3 rings (SSSR count). The van der Waals surface area contributed by atoms with Crippen molar-refractivity contribution >= 4 is 17.8 Å². The summed E-state index contributed by atoms with van der Waals surface area (Å²) in [5.74, 6) is -1.18. The van der Waals surface area contributed by atoms with E-state index in [1.54, 1.807) is 24.3 Å². The molecule has 0 radical (unpaired) electrons. The average molecular weight is 389 g/mol. The van der Waals surface area contributed by atoms with Gasteiger partial charge in [0, 0.05) is 13.0 Å². The third-order valence-electron chi connectivity index (χ3n) is 4.19. The van der Waals surface area contributed by atoms with E-state index < -0.39 is 12.6 Å². The summed E-state index contributed by atoms with van der Waals surface area (Å²) in [6.07, 6.45) is 0.325. The lowest BCUT2D eigenvalue weighted by atomic mass is 10.1. The molecule has 0 saturated heterocycles. The topological polar surface area (TPSA) is 72.9 Å². The fraction of sp³-hybridized carbons (Fsp3) is 0.250. The van der Waals surface area contributed by atoms with Crippen molar-refractivity contribution < 1.29 is 32.6 Å². The number of halogens is 2. The Morgan fingerprint density at radius 2 is 1.57 bits per heavy atom. The predicted octanol–water partition coefficient (Wildman–Crippen LogP) is 3.41. The number of carbonyl (C=O) groups is 3. The number of amides is 2. The zero-order valence-corrected chi connectivity index (χ0v) is 14.8. The summed E-state index contributed by atoms with van der Waals surface area (Å²) in [5, 5.41) is 0. The standard InChI is InChI=1S/C20H17F2NO5/c21-20(22)28-14-9-7-13(8-10-14)12-27-17(24)6-3-11-23-18(25)15-4-1-2-5-16(15)19(23)26/h1-2,4-5,7-10,20H,3,6,11-12H2. The summed E-state index contributed by atoms with van der Waals surface area (Å²) in [5.41, 5.74) is 1.36. The van der Waals surface area contributed by atoms with Crippen LogP contribution in [0.15, 0.2) is 48.5 Å². The monoisotopic (exact) mass is 389 g/mol. The van der Waals surface area contributed by atoms with Crippen molar-refractivity contribution in [1.82, 2.24) is 4.90 Å². The van der Waals surface area contributed by atoms with Gasteiger partial charge in [-0.25, -0.2) is 0 Å². The molecule has 0 atom stereocenters. The van der Waals surface area contributed by atoms with Crippen LogP contribution >= 0.6 is 0 Å². The van der Waals surface area contributed by atoms with E-state index in [1.807, 2.05) is 0 Å². The molecular formula is C20H17F2NO5. The molecule has 0 aromatic heterocycles. The van der Waals surface area contributed by atoms with Crippen LogP contribution in [-0.2, 0) is 16.1 Å². The highest BCUT2D eigenvalue weighted by molar-refractivity contribution is 6.21. The highest BCUT2D eigenvalue weighted by Crippen LogP contribution is 2.22. The van der Waals surface area contributed by atoms with E-state index in [0.717, 1.165) is 4.90 Å². The zero-order valence-electron chi connectivity index (χ0n) is 14.8. The molecule has 28 heavy (non-hydrogen) atoms. The fourth-order valence-electron chi connectivity index (χ4n) is 2.83. The average Bonchev–Trinajstić information content (AvgIpc) is 2.92. The molecule has 1 aliphatic rings. The summed E-state index contributed by atoms with van der Waals surface area (Å²) >= 11 is 0. The Balaban J connectivity index is 1.42. The van der Waals surface area contributed by atoms with Gasteiger partial charge in [0.15, 0.2) is 0 Å². The van der Waals surface area contributed by atoms with Crippen LogP contribution in [0.5, 0.6) is 5.75 Å². The van der Waals surface area contributed by atoms with Crippen LogP contribution < -0.4 is 4.74 Å². The normalized spacial score (nSPS) is 13.0. The molecule has 0 spiro atoms. The Morgan fingerprint density at radius 3 is 2.14 bits per heavy atom. The van der Waals surface area contributed by atoms with Crippen LogP contribution in [0.2, 0.25) is 0 Å². The van der Waals surface area contributed by atoms with Crippen molar-refractivity contribution in [2.24, 2.45) is 0 Å². The van der Waals surface area contributed by atoms with Gasteiger partial charge >= 0.3 is 12.6 Å². The van der Waals surface area contributed by atoms with Gasteiger partial charge in [-0.1, -0.05) is 24.3 Å². The first-order valence-corrected chi connectivity index (χ1v) is 8.60. The first-order chi connectivity index (χ1) is 13.5. The van der Waals surface area contributed by atoms with Crippen molar-refractivity contribution in [3.05, 3.63) is 65.2 Å². The van der Waals surface area contributed by atoms with E-state index in [2.05, 4.69) is 4.74 Å². The number of alkyl halides is 2. The second-order valence-electron chi connectivity index (χ2n) is 6.09. The highest BCUT2D eigenvalue weighted by atomic mass is 19.3. The lowest BCUT2D eigenvalue weighted by Crippen LogP contribution is -2.31. The van der Waals surface area contributed by atoms with Crippen LogP contribution in [0, 0.1) is 0 Å². The van der Waals surface area contributed by atoms with Gasteiger partial charge < -0.3 is 9.47 Å². The molecule has 2 amide bonds. The quantitative estimate of drug-likeness (QED) is 0.511. The molecular weight excluding hydrogens is 372 g/mol. The predicted molar refractivity (Wildman–Crippen MR) is 93.9 cm³/mol. The molecule has 1 aliphatic heterocycles. The highest BCUT2D eigenvalue weighted by Gasteiger charge is 2.34. The van der Waals surface area contributed by atoms with Gasteiger partial charge in [0.25, 0.3) is 11.8 Å². The van der Waals surface area contributed by atoms with Crippen molar-refractivity contribution in [1.29, 1.82) is 0 Å². The van der Waals surface area contributed by atoms with E-state index in [1.165, 1.54) is 24.3 Å².